The average molecular weight is 248 g/mol. The molecule has 1 saturated heterocycles. The Morgan fingerprint density at radius 1 is 1.28 bits per heavy atom. The lowest BCUT2D eigenvalue weighted by molar-refractivity contribution is -0.122. The number of aryl methyl sites for hydroxylation is 1. The van der Waals surface area contributed by atoms with E-state index in [1.54, 1.807) is 0 Å². The number of rotatable bonds is 3. The number of carbonyl (C=O) groups is 1. The molecule has 0 aromatic heterocycles. The van der Waals surface area contributed by atoms with E-state index in [2.05, 4.69) is 10.2 Å². The zero-order chi connectivity index (χ0) is 13.0. The highest BCUT2D eigenvalue weighted by Gasteiger charge is 2.22. The Kier molecular flexibility index (Phi) is 4.33. The molecule has 1 heterocycles. The Labute approximate surface area is 108 Å². The second kappa shape index (κ2) is 5.98. The Morgan fingerprint density at radius 2 is 1.89 bits per heavy atom. The summed E-state index contributed by atoms with van der Waals surface area (Å²) in [7, 11) is 0. The van der Waals surface area contributed by atoms with Crippen LogP contribution in [0.1, 0.15) is 12.5 Å². The highest BCUT2D eigenvalue weighted by molar-refractivity contribution is 5.94. The number of hydrogen-bond donors (Lipinski definition) is 1. The molecule has 2 rings (SSSR count). The largest absolute Gasteiger partial charge is 0.379 e. The van der Waals surface area contributed by atoms with E-state index >= 15 is 0 Å². The van der Waals surface area contributed by atoms with Crippen molar-refractivity contribution in [3.63, 3.8) is 0 Å². The summed E-state index contributed by atoms with van der Waals surface area (Å²) in [6.45, 7) is 7.03. The lowest BCUT2D eigenvalue weighted by Crippen LogP contribution is -2.47. The van der Waals surface area contributed by atoms with Crippen molar-refractivity contribution in [3.8, 4) is 0 Å². The maximum absolute atomic E-state index is 12.1. The van der Waals surface area contributed by atoms with Crippen molar-refractivity contribution in [2.75, 3.05) is 31.6 Å². The van der Waals surface area contributed by atoms with E-state index in [-0.39, 0.29) is 11.9 Å². The molecule has 1 aromatic rings. The summed E-state index contributed by atoms with van der Waals surface area (Å²) in [4.78, 5) is 14.2. The maximum Gasteiger partial charge on any atom is 0.241 e. The first-order chi connectivity index (χ1) is 8.66. The molecule has 4 nitrogen and oxygen atoms in total. The lowest BCUT2D eigenvalue weighted by Gasteiger charge is -2.31. The topological polar surface area (TPSA) is 41.6 Å². The van der Waals surface area contributed by atoms with Crippen LogP contribution >= 0.6 is 0 Å². The van der Waals surface area contributed by atoms with Crippen molar-refractivity contribution in [1.82, 2.24) is 4.90 Å². The van der Waals surface area contributed by atoms with Crippen molar-refractivity contribution in [2.45, 2.75) is 19.9 Å². The summed E-state index contributed by atoms with van der Waals surface area (Å²) < 4.78 is 5.29. The number of benzene rings is 1. The van der Waals surface area contributed by atoms with Crippen LogP contribution in [0.3, 0.4) is 0 Å². The fourth-order valence-electron chi connectivity index (χ4n) is 2.01. The SMILES string of the molecule is Cc1ccc(NC(=O)C(C)N2CCOCC2)cc1. The molecule has 0 bridgehead atoms. The van der Waals surface area contributed by atoms with Gasteiger partial charge >= 0.3 is 0 Å². The standard InChI is InChI=1S/C14H20N2O2/c1-11-3-5-13(6-4-11)15-14(17)12(2)16-7-9-18-10-8-16/h3-6,12H,7-10H2,1-2H3,(H,15,17). The van der Waals surface area contributed by atoms with Crippen molar-refractivity contribution in [2.24, 2.45) is 0 Å². The monoisotopic (exact) mass is 248 g/mol. The third-order valence-electron chi connectivity index (χ3n) is 3.29. The molecule has 1 N–H and O–H groups in total. The van der Waals surface area contributed by atoms with E-state index < -0.39 is 0 Å². The zero-order valence-electron chi connectivity index (χ0n) is 11.0. The summed E-state index contributed by atoms with van der Waals surface area (Å²) in [5.74, 6) is 0.0424. The highest BCUT2D eigenvalue weighted by atomic mass is 16.5. The molecule has 0 aliphatic carbocycles. The van der Waals surface area contributed by atoms with Crippen LogP contribution in [0.25, 0.3) is 0 Å². The highest BCUT2D eigenvalue weighted by Crippen LogP contribution is 2.11. The van der Waals surface area contributed by atoms with Gasteiger partial charge in [-0.25, -0.2) is 0 Å². The molecular formula is C14H20N2O2. The van der Waals surface area contributed by atoms with Gasteiger partial charge in [0.2, 0.25) is 5.91 Å². The molecule has 1 unspecified atom stereocenters. The first kappa shape index (κ1) is 13.1. The van der Waals surface area contributed by atoms with Gasteiger partial charge in [0, 0.05) is 18.8 Å². The van der Waals surface area contributed by atoms with Gasteiger partial charge in [0.1, 0.15) is 0 Å². The molecule has 98 valence electrons. The molecule has 1 aliphatic heterocycles. The smallest absolute Gasteiger partial charge is 0.241 e. The summed E-state index contributed by atoms with van der Waals surface area (Å²) in [6, 6.07) is 7.73. The number of hydrogen-bond acceptors (Lipinski definition) is 3. The van der Waals surface area contributed by atoms with Crippen molar-refractivity contribution in [3.05, 3.63) is 29.8 Å². The molecule has 0 spiro atoms. The fraction of sp³-hybridized carbons (Fsp3) is 0.500. The summed E-state index contributed by atoms with van der Waals surface area (Å²) in [6.07, 6.45) is 0. The average Bonchev–Trinajstić information content (AvgIpc) is 2.41. The number of nitrogens with zero attached hydrogens (tertiary/aromatic N) is 1. The van der Waals surface area contributed by atoms with E-state index in [4.69, 9.17) is 4.74 Å². The van der Waals surface area contributed by atoms with E-state index in [9.17, 15) is 4.79 Å². The predicted molar refractivity (Wildman–Crippen MR) is 71.7 cm³/mol. The summed E-state index contributed by atoms with van der Waals surface area (Å²) in [5.41, 5.74) is 2.04. The van der Waals surface area contributed by atoms with Crippen LogP contribution in [0.15, 0.2) is 24.3 Å². The quantitative estimate of drug-likeness (QED) is 0.884. The van der Waals surface area contributed by atoms with Crippen LogP contribution in [-0.4, -0.2) is 43.2 Å². The predicted octanol–water partition coefficient (Wildman–Crippen LogP) is 1.65. The first-order valence-corrected chi connectivity index (χ1v) is 6.36. The second-order valence-corrected chi connectivity index (χ2v) is 4.68. The van der Waals surface area contributed by atoms with Gasteiger partial charge in [0.15, 0.2) is 0 Å². The number of nitrogens with one attached hydrogen (secondary N) is 1. The number of anilines is 1. The fourth-order valence-corrected chi connectivity index (χ4v) is 2.01. The molecule has 18 heavy (non-hydrogen) atoms. The minimum atomic E-state index is -0.116. The summed E-state index contributed by atoms with van der Waals surface area (Å²) in [5, 5.41) is 2.94. The van der Waals surface area contributed by atoms with Crippen LogP contribution in [0.2, 0.25) is 0 Å². The third kappa shape index (κ3) is 3.31. The first-order valence-electron chi connectivity index (χ1n) is 6.36. The van der Waals surface area contributed by atoms with E-state index in [0.29, 0.717) is 13.2 Å². The van der Waals surface area contributed by atoms with Crippen molar-refractivity contribution < 1.29 is 9.53 Å². The third-order valence-corrected chi connectivity index (χ3v) is 3.29. The second-order valence-electron chi connectivity index (χ2n) is 4.68. The number of ether oxygens (including phenoxy) is 1. The molecule has 0 saturated carbocycles. The lowest BCUT2D eigenvalue weighted by atomic mass is 10.2. The van der Waals surface area contributed by atoms with Crippen LogP contribution in [-0.2, 0) is 9.53 Å². The molecule has 0 radical (unpaired) electrons. The molecule has 1 aliphatic rings. The van der Waals surface area contributed by atoms with E-state index in [0.717, 1.165) is 18.8 Å². The van der Waals surface area contributed by atoms with Gasteiger partial charge in [-0.1, -0.05) is 17.7 Å². The van der Waals surface area contributed by atoms with Crippen LogP contribution in [0.4, 0.5) is 5.69 Å². The van der Waals surface area contributed by atoms with E-state index in [1.807, 2.05) is 38.1 Å². The molecular weight excluding hydrogens is 228 g/mol. The maximum atomic E-state index is 12.1. The molecule has 4 heteroatoms. The molecule has 1 aromatic carbocycles. The van der Waals surface area contributed by atoms with Gasteiger partial charge in [-0.05, 0) is 26.0 Å². The Bertz CT molecular complexity index is 397. The zero-order valence-corrected chi connectivity index (χ0v) is 11.0. The number of carbonyl (C=O) groups excluding carboxylic acids is 1. The van der Waals surface area contributed by atoms with Crippen LogP contribution in [0, 0.1) is 6.92 Å². The van der Waals surface area contributed by atoms with Gasteiger partial charge in [0.05, 0.1) is 19.3 Å². The van der Waals surface area contributed by atoms with Gasteiger partial charge in [-0.2, -0.15) is 0 Å². The summed E-state index contributed by atoms with van der Waals surface area (Å²) >= 11 is 0. The minimum Gasteiger partial charge on any atom is -0.379 e. The van der Waals surface area contributed by atoms with Crippen LogP contribution in [0.5, 0.6) is 0 Å². The van der Waals surface area contributed by atoms with Gasteiger partial charge in [-0.15, -0.1) is 0 Å². The number of amides is 1. The number of morpholine rings is 1. The van der Waals surface area contributed by atoms with E-state index in [1.165, 1.54) is 5.56 Å². The van der Waals surface area contributed by atoms with Gasteiger partial charge in [-0.3, -0.25) is 9.69 Å². The Hall–Kier alpha value is -1.39. The van der Waals surface area contributed by atoms with Crippen molar-refractivity contribution >= 4 is 11.6 Å². The van der Waals surface area contributed by atoms with Gasteiger partial charge < -0.3 is 10.1 Å². The Morgan fingerprint density at radius 3 is 2.50 bits per heavy atom. The van der Waals surface area contributed by atoms with Gasteiger partial charge in [0.25, 0.3) is 0 Å². The molecule has 1 amide bonds. The molecule has 1 atom stereocenters. The van der Waals surface area contributed by atoms with Crippen LogP contribution < -0.4 is 5.32 Å². The minimum absolute atomic E-state index is 0.0424. The molecule has 1 fully saturated rings. The normalized spacial score (nSPS) is 18.3. The Balaban J connectivity index is 1.92. The van der Waals surface area contributed by atoms with Crippen molar-refractivity contribution in [1.29, 1.82) is 0 Å².